The second kappa shape index (κ2) is 6.05. The molecule has 7 nitrogen and oxygen atoms in total. The number of hydrogen-bond acceptors (Lipinski definition) is 5. The highest BCUT2D eigenvalue weighted by molar-refractivity contribution is 5.51. The molecular weight excluding hydrogens is 260 g/mol. The molecule has 0 unspecified atom stereocenters. The number of aromatic nitrogens is 2. The second-order valence-corrected chi connectivity index (χ2v) is 4.33. The number of hydrogen-bond donors (Lipinski definition) is 1. The van der Waals surface area contributed by atoms with Crippen LogP contribution in [0, 0.1) is 17.0 Å². The zero-order valence-electron chi connectivity index (χ0n) is 11.4. The van der Waals surface area contributed by atoms with Gasteiger partial charge in [0.1, 0.15) is 12.4 Å². The van der Waals surface area contributed by atoms with E-state index in [-0.39, 0.29) is 5.82 Å². The van der Waals surface area contributed by atoms with Crippen molar-refractivity contribution in [2.24, 2.45) is 7.05 Å². The number of nitrogens with one attached hydrogen (secondary N) is 1. The fraction of sp³-hybridized carbons (Fsp3) is 0.308. The quantitative estimate of drug-likeness (QED) is 0.496. The lowest BCUT2D eigenvalue weighted by Crippen LogP contribution is -2.14. The number of anilines is 1. The maximum atomic E-state index is 10.8. The van der Waals surface area contributed by atoms with Crippen LogP contribution in [0.15, 0.2) is 30.6 Å². The summed E-state index contributed by atoms with van der Waals surface area (Å²) in [5.41, 5.74) is 1.05. The van der Waals surface area contributed by atoms with Crippen LogP contribution in [0.5, 0.6) is 5.75 Å². The van der Waals surface area contributed by atoms with Gasteiger partial charge in [0.05, 0.1) is 6.54 Å². The van der Waals surface area contributed by atoms with Gasteiger partial charge in [0, 0.05) is 7.05 Å². The Kier molecular flexibility index (Phi) is 4.19. The number of ether oxygens (including phenoxy) is 1. The number of nitro groups is 1. The van der Waals surface area contributed by atoms with Crippen LogP contribution in [0.3, 0.4) is 0 Å². The summed E-state index contributed by atoms with van der Waals surface area (Å²) in [6.07, 6.45) is 1.41. The Bertz CT molecular complexity index is 609. The molecule has 0 atom stereocenters. The average molecular weight is 276 g/mol. The normalized spacial score (nSPS) is 10.3. The number of benzene rings is 1. The van der Waals surface area contributed by atoms with E-state index >= 15 is 0 Å². The molecule has 1 aromatic carbocycles. The molecule has 0 fully saturated rings. The molecule has 7 heteroatoms. The van der Waals surface area contributed by atoms with Gasteiger partial charge in [-0.15, -0.1) is 0 Å². The monoisotopic (exact) mass is 276 g/mol. The molecule has 0 saturated heterocycles. The van der Waals surface area contributed by atoms with Crippen molar-refractivity contribution in [3.05, 3.63) is 46.3 Å². The van der Waals surface area contributed by atoms with Crippen LogP contribution in [-0.4, -0.2) is 27.6 Å². The van der Waals surface area contributed by atoms with E-state index in [1.165, 1.54) is 6.33 Å². The van der Waals surface area contributed by atoms with E-state index in [9.17, 15) is 10.1 Å². The molecule has 0 amide bonds. The summed E-state index contributed by atoms with van der Waals surface area (Å²) >= 11 is 0. The summed E-state index contributed by atoms with van der Waals surface area (Å²) in [5.74, 6) is 1.01. The van der Waals surface area contributed by atoms with Gasteiger partial charge in [0.15, 0.2) is 0 Å². The zero-order chi connectivity index (χ0) is 14.5. The minimum absolute atomic E-state index is 0.177. The van der Waals surface area contributed by atoms with Crippen molar-refractivity contribution >= 4 is 11.6 Å². The Hall–Kier alpha value is -2.57. The van der Waals surface area contributed by atoms with Crippen LogP contribution in [0.1, 0.15) is 5.56 Å². The predicted octanol–water partition coefficient (Wildman–Crippen LogP) is 2.13. The summed E-state index contributed by atoms with van der Waals surface area (Å²) in [6.45, 7) is 2.83. The fourth-order valence-corrected chi connectivity index (χ4v) is 1.80. The minimum Gasteiger partial charge on any atom is -0.491 e. The van der Waals surface area contributed by atoms with Crippen LogP contribution in [-0.2, 0) is 7.05 Å². The SMILES string of the molecule is Cc1ccccc1OCCNc1c([N+](=O)[O-])ncn1C. The molecule has 0 spiro atoms. The first-order chi connectivity index (χ1) is 9.59. The molecule has 0 radical (unpaired) electrons. The van der Waals surface area contributed by atoms with Gasteiger partial charge in [0.25, 0.3) is 0 Å². The number of aryl methyl sites for hydroxylation is 2. The van der Waals surface area contributed by atoms with Gasteiger partial charge in [0.2, 0.25) is 12.1 Å². The van der Waals surface area contributed by atoms with Crippen molar-refractivity contribution in [3.63, 3.8) is 0 Å². The van der Waals surface area contributed by atoms with Crippen LogP contribution < -0.4 is 10.1 Å². The highest BCUT2D eigenvalue weighted by Gasteiger charge is 2.19. The van der Waals surface area contributed by atoms with Crippen molar-refractivity contribution in [2.75, 3.05) is 18.5 Å². The third kappa shape index (κ3) is 3.05. The molecule has 1 heterocycles. The molecule has 20 heavy (non-hydrogen) atoms. The Morgan fingerprint density at radius 3 is 2.90 bits per heavy atom. The van der Waals surface area contributed by atoms with Crippen LogP contribution >= 0.6 is 0 Å². The number of para-hydroxylation sites is 1. The Morgan fingerprint density at radius 1 is 1.45 bits per heavy atom. The zero-order valence-corrected chi connectivity index (χ0v) is 11.4. The molecule has 0 bridgehead atoms. The van der Waals surface area contributed by atoms with E-state index in [1.54, 1.807) is 11.6 Å². The van der Waals surface area contributed by atoms with Gasteiger partial charge in [-0.2, -0.15) is 0 Å². The van der Waals surface area contributed by atoms with Crippen LogP contribution in [0.2, 0.25) is 0 Å². The van der Waals surface area contributed by atoms with E-state index in [2.05, 4.69) is 10.3 Å². The van der Waals surface area contributed by atoms with Gasteiger partial charge >= 0.3 is 5.82 Å². The van der Waals surface area contributed by atoms with Crippen molar-refractivity contribution < 1.29 is 9.66 Å². The molecule has 2 rings (SSSR count). The number of rotatable bonds is 6. The van der Waals surface area contributed by atoms with Gasteiger partial charge in [-0.1, -0.05) is 18.2 Å². The Labute approximate surface area is 116 Å². The summed E-state index contributed by atoms with van der Waals surface area (Å²) < 4.78 is 7.19. The largest absolute Gasteiger partial charge is 0.491 e. The smallest absolute Gasteiger partial charge is 0.406 e. The van der Waals surface area contributed by atoms with E-state index in [1.807, 2.05) is 31.2 Å². The number of nitrogens with zero attached hydrogens (tertiary/aromatic N) is 3. The third-order valence-corrected chi connectivity index (χ3v) is 2.84. The van der Waals surface area contributed by atoms with Gasteiger partial charge in [-0.05, 0) is 28.5 Å². The standard InChI is InChI=1S/C13H16N4O3/c1-10-5-3-4-6-11(10)20-8-7-14-12-13(17(18)19)15-9-16(12)2/h3-6,9,14H,7-8H2,1-2H3. The van der Waals surface area contributed by atoms with Crippen LogP contribution in [0.4, 0.5) is 11.6 Å². The average Bonchev–Trinajstić information content (AvgIpc) is 2.78. The van der Waals surface area contributed by atoms with Gasteiger partial charge < -0.3 is 20.2 Å². The highest BCUT2D eigenvalue weighted by atomic mass is 16.6. The molecule has 0 aliphatic heterocycles. The molecule has 2 aromatic rings. The Balaban J connectivity index is 1.89. The molecule has 1 aromatic heterocycles. The topological polar surface area (TPSA) is 82.2 Å². The van der Waals surface area contributed by atoms with Crippen molar-refractivity contribution in [3.8, 4) is 5.75 Å². The molecule has 1 N–H and O–H groups in total. The summed E-state index contributed by atoms with van der Waals surface area (Å²) in [6, 6.07) is 7.71. The summed E-state index contributed by atoms with van der Waals surface area (Å²) in [5, 5.41) is 13.8. The lowest BCUT2D eigenvalue weighted by Gasteiger charge is -2.10. The first kappa shape index (κ1) is 13.9. The van der Waals surface area contributed by atoms with Gasteiger partial charge in [-0.25, -0.2) is 0 Å². The lowest BCUT2D eigenvalue weighted by atomic mass is 10.2. The number of imidazole rings is 1. The summed E-state index contributed by atoms with van der Waals surface area (Å²) in [4.78, 5) is 14.0. The first-order valence-corrected chi connectivity index (χ1v) is 6.17. The third-order valence-electron chi connectivity index (χ3n) is 2.84. The van der Waals surface area contributed by atoms with Crippen molar-refractivity contribution in [2.45, 2.75) is 6.92 Å². The first-order valence-electron chi connectivity index (χ1n) is 6.17. The molecular formula is C13H16N4O3. The van der Waals surface area contributed by atoms with E-state index in [0.29, 0.717) is 19.0 Å². The Morgan fingerprint density at radius 2 is 2.20 bits per heavy atom. The van der Waals surface area contributed by atoms with Gasteiger partial charge in [-0.3, -0.25) is 4.57 Å². The lowest BCUT2D eigenvalue weighted by molar-refractivity contribution is -0.388. The molecule has 0 saturated carbocycles. The fourth-order valence-electron chi connectivity index (χ4n) is 1.80. The van der Waals surface area contributed by atoms with Crippen molar-refractivity contribution in [1.29, 1.82) is 0 Å². The maximum absolute atomic E-state index is 10.8. The second-order valence-electron chi connectivity index (χ2n) is 4.33. The molecule has 0 aliphatic carbocycles. The maximum Gasteiger partial charge on any atom is 0.406 e. The minimum atomic E-state index is -0.509. The van der Waals surface area contributed by atoms with Crippen LogP contribution in [0.25, 0.3) is 0 Å². The van der Waals surface area contributed by atoms with E-state index in [4.69, 9.17) is 4.74 Å². The highest BCUT2D eigenvalue weighted by Crippen LogP contribution is 2.21. The predicted molar refractivity (Wildman–Crippen MR) is 75.0 cm³/mol. The van der Waals surface area contributed by atoms with E-state index < -0.39 is 4.92 Å². The summed E-state index contributed by atoms with van der Waals surface area (Å²) in [7, 11) is 1.70. The molecule has 0 aliphatic rings. The van der Waals surface area contributed by atoms with E-state index in [0.717, 1.165) is 11.3 Å². The molecule has 106 valence electrons. The van der Waals surface area contributed by atoms with Crippen molar-refractivity contribution in [1.82, 2.24) is 9.55 Å².